The molecule has 114 valence electrons. The molecule has 0 aromatic rings. The van der Waals surface area contributed by atoms with Crippen LogP contribution in [-0.4, -0.2) is 54.5 Å². The van der Waals surface area contributed by atoms with Gasteiger partial charge < -0.3 is 10.6 Å². The van der Waals surface area contributed by atoms with Crippen molar-refractivity contribution in [3.05, 3.63) is 0 Å². The number of hydrogen-bond acceptors (Lipinski definition) is 4. The number of rotatable bonds is 4. The number of carbonyl (C=O) groups excluding carboxylic acids is 3. The summed E-state index contributed by atoms with van der Waals surface area (Å²) in [5.74, 6) is -0.379. The number of imide groups is 1. The Morgan fingerprint density at radius 3 is 2.65 bits per heavy atom. The maximum atomic E-state index is 12.0. The Hall–Kier alpha value is -1.63. The Morgan fingerprint density at radius 1 is 1.35 bits per heavy atom. The van der Waals surface area contributed by atoms with Crippen LogP contribution in [-0.2, 0) is 9.59 Å². The van der Waals surface area contributed by atoms with Crippen molar-refractivity contribution in [2.24, 2.45) is 0 Å². The number of nitrogens with one attached hydrogen (secondary N) is 3. The van der Waals surface area contributed by atoms with Gasteiger partial charge >= 0.3 is 6.03 Å². The van der Waals surface area contributed by atoms with Gasteiger partial charge in [-0.1, -0.05) is 0 Å². The number of amides is 4. The molecule has 0 aliphatic carbocycles. The second-order valence-corrected chi connectivity index (χ2v) is 5.06. The molecule has 7 heteroatoms. The molecular weight excluding hydrogens is 260 g/mol. The topological polar surface area (TPSA) is 90.5 Å². The SMILES string of the molecule is CCNC(=O)NC(=O)C(C)N1CCCC(NC(C)=O)C1. The minimum Gasteiger partial charge on any atom is -0.352 e. The molecule has 2 unspecified atom stereocenters. The normalized spacial score (nSPS) is 20.9. The van der Waals surface area contributed by atoms with E-state index < -0.39 is 12.1 Å². The number of hydrogen-bond donors (Lipinski definition) is 3. The van der Waals surface area contributed by atoms with Gasteiger partial charge in [-0.15, -0.1) is 0 Å². The molecule has 4 amide bonds. The second kappa shape index (κ2) is 7.84. The lowest BCUT2D eigenvalue weighted by Gasteiger charge is -2.36. The molecule has 2 atom stereocenters. The molecule has 3 N–H and O–H groups in total. The first-order valence-corrected chi connectivity index (χ1v) is 7.03. The first kappa shape index (κ1) is 16.4. The van der Waals surface area contributed by atoms with Crippen molar-refractivity contribution in [3.63, 3.8) is 0 Å². The lowest BCUT2D eigenvalue weighted by atomic mass is 10.0. The first-order chi connectivity index (χ1) is 9.43. The largest absolute Gasteiger partial charge is 0.352 e. The van der Waals surface area contributed by atoms with Crippen LogP contribution < -0.4 is 16.0 Å². The fraction of sp³-hybridized carbons (Fsp3) is 0.769. The summed E-state index contributed by atoms with van der Waals surface area (Å²) < 4.78 is 0. The Morgan fingerprint density at radius 2 is 2.05 bits per heavy atom. The Kier molecular flexibility index (Phi) is 6.44. The summed E-state index contributed by atoms with van der Waals surface area (Å²) in [5, 5.41) is 7.71. The van der Waals surface area contributed by atoms with E-state index in [0.29, 0.717) is 13.1 Å². The van der Waals surface area contributed by atoms with E-state index in [2.05, 4.69) is 16.0 Å². The van der Waals surface area contributed by atoms with Gasteiger partial charge in [0.15, 0.2) is 0 Å². The van der Waals surface area contributed by atoms with Gasteiger partial charge in [-0.05, 0) is 33.2 Å². The van der Waals surface area contributed by atoms with Crippen molar-refractivity contribution in [2.75, 3.05) is 19.6 Å². The monoisotopic (exact) mass is 284 g/mol. The van der Waals surface area contributed by atoms with Gasteiger partial charge in [-0.3, -0.25) is 19.8 Å². The van der Waals surface area contributed by atoms with E-state index in [-0.39, 0.29) is 17.9 Å². The molecular formula is C13H24N4O3. The van der Waals surface area contributed by atoms with Crippen molar-refractivity contribution in [2.45, 2.75) is 45.7 Å². The molecule has 7 nitrogen and oxygen atoms in total. The van der Waals surface area contributed by atoms with Crippen LogP contribution in [0.2, 0.25) is 0 Å². The highest BCUT2D eigenvalue weighted by molar-refractivity contribution is 5.96. The van der Waals surface area contributed by atoms with Crippen molar-refractivity contribution in [1.82, 2.24) is 20.9 Å². The van der Waals surface area contributed by atoms with Crippen LogP contribution in [0.5, 0.6) is 0 Å². The van der Waals surface area contributed by atoms with Crippen LogP contribution >= 0.6 is 0 Å². The highest BCUT2D eigenvalue weighted by Gasteiger charge is 2.28. The first-order valence-electron chi connectivity index (χ1n) is 7.03. The van der Waals surface area contributed by atoms with Gasteiger partial charge in [0, 0.05) is 26.1 Å². The molecule has 0 aromatic carbocycles. The molecule has 0 radical (unpaired) electrons. The number of urea groups is 1. The molecule has 1 rings (SSSR count). The van der Waals surface area contributed by atoms with Gasteiger partial charge in [0.25, 0.3) is 0 Å². The van der Waals surface area contributed by atoms with Crippen LogP contribution in [0.4, 0.5) is 4.79 Å². The lowest BCUT2D eigenvalue weighted by Crippen LogP contribution is -2.55. The van der Waals surface area contributed by atoms with Crippen LogP contribution in [0.15, 0.2) is 0 Å². The molecule has 1 fully saturated rings. The quantitative estimate of drug-likeness (QED) is 0.668. The van der Waals surface area contributed by atoms with E-state index in [1.807, 2.05) is 4.90 Å². The van der Waals surface area contributed by atoms with E-state index in [1.165, 1.54) is 6.92 Å². The minimum absolute atomic E-state index is 0.0590. The number of piperidine rings is 1. The lowest BCUT2D eigenvalue weighted by molar-refractivity contribution is -0.125. The van der Waals surface area contributed by atoms with Crippen molar-refractivity contribution < 1.29 is 14.4 Å². The molecule has 20 heavy (non-hydrogen) atoms. The standard InChI is InChI=1S/C13H24N4O3/c1-4-14-13(20)16-12(19)9(2)17-7-5-6-11(8-17)15-10(3)18/h9,11H,4-8H2,1-3H3,(H,15,18)(H2,14,16,19,20). The van der Waals surface area contributed by atoms with E-state index in [0.717, 1.165) is 19.4 Å². The summed E-state index contributed by atoms with van der Waals surface area (Å²) in [6, 6.07) is -0.796. The molecule has 1 saturated heterocycles. The van der Waals surface area contributed by atoms with Gasteiger partial charge in [-0.2, -0.15) is 0 Å². The molecule has 0 saturated carbocycles. The minimum atomic E-state index is -0.472. The van der Waals surface area contributed by atoms with Gasteiger partial charge in [-0.25, -0.2) is 4.79 Å². The van der Waals surface area contributed by atoms with E-state index in [4.69, 9.17) is 0 Å². The Balaban J connectivity index is 2.49. The highest BCUT2D eigenvalue weighted by Crippen LogP contribution is 2.13. The van der Waals surface area contributed by atoms with Crippen molar-refractivity contribution >= 4 is 17.8 Å². The summed E-state index contributed by atoms with van der Waals surface area (Å²) in [5.41, 5.74) is 0. The summed E-state index contributed by atoms with van der Waals surface area (Å²) in [6.07, 6.45) is 1.84. The third kappa shape index (κ3) is 5.16. The summed E-state index contributed by atoms with van der Waals surface area (Å²) in [4.78, 5) is 36.4. The maximum absolute atomic E-state index is 12.0. The van der Waals surface area contributed by atoms with Crippen molar-refractivity contribution in [1.29, 1.82) is 0 Å². The Labute approximate surface area is 119 Å². The highest BCUT2D eigenvalue weighted by atomic mass is 16.2. The van der Waals surface area contributed by atoms with Crippen LogP contribution in [0.1, 0.15) is 33.6 Å². The summed E-state index contributed by atoms with van der Waals surface area (Å²) in [7, 11) is 0. The smallest absolute Gasteiger partial charge is 0.321 e. The average molecular weight is 284 g/mol. The maximum Gasteiger partial charge on any atom is 0.321 e. The number of carbonyl (C=O) groups is 3. The fourth-order valence-corrected chi connectivity index (χ4v) is 2.35. The summed E-state index contributed by atoms with van der Waals surface area (Å²) >= 11 is 0. The van der Waals surface area contributed by atoms with E-state index in [9.17, 15) is 14.4 Å². The molecule has 0 spiro atoms. The predicted molar refractivity (Wildman–Crippen MR) is 75.1 cm³/mol. The fourth-order valence-electron chi connectivity index (χ4n) is 2.35. The van der Waals surface area contributed by atoms with E-state index in [1.54, 1.807) is 13.8 Å². The third-order valence-corrected chi connectivity index (χ3v) is 3.36. The number of nitrogens with zero attached hydrogens (tertiary/aromatic N) is 1. The van der Waals surface area contributed by atoms with Gasteiger partial charge in [0.05, 0.1) is 6.04 Å². The van der Waals surface area contributed by atoms with Crippen molar-refractivity contribution in [3.8, 4) is 0 Å². The second-order valence-electron chi connectivity index (χ2n) is 5.06. The molecule has 0 bridgehead atoms. The predicted octanol–water partition coefficient (Wildman–Crippen LogP) is -0.179. The summed E-state index contributed by atoms with van der Waals surface area (Å²) in [6.45, 7) is 6.94. The molecule has 1 aliphatic rings. The number of likely N-dealkylation sites (tertiary alicyclic amines) is 1. The zero-order valence-electron chi connectivity index (χ0n) is 12.4. The van der Waals surface area contributed by atoms with Crippen LogP contribution in [0.25, 0.3) is 0 Å². The van der Waals surface area contributed by atoms with Gasteiger partial charge in [0.1, 0.15) is 0 Å². The molecule has 1 aliphatic heterocycles. The van der Waals surface area contributed by atoms with Crippen LogP contribution in [0.3, 0.4) is 0 Å². The Bertz CT molecular complexity index is 373. The van der Waals surface area contributed by atoms with Crippen LogP contribution in [0, 0.1) is 0 Å². The van der Waals surface area contributed by atoms with E-state index >= 15 is 0 Å². The average Bonchev–Trinajstić information content (AvgIpc) is 2.37. The molecule has 0 aromatic heterocycles. The zero-order chi connectivity index (χ0) is 15.1. The zero-order valence-corrected chi connectivity index (χ0v) is 12.4. The third-order valence-electron chi connectivity index (χ3n) is 3.36. The molecule has 1 heterocycles. The van der Waals surface area contributed by atoms with Gasteiger partial charge in [0.2, 0.25) is 11.8 Å².